The van der Waals surface area contributed by atoms with Gasteiger partial charge < -0.3 is 4.55 Å². The van der Waals surface area contributed by atoms with Gasteiger partial charge in [-0.25, -0.2) is 4.21 Å². The summed E-state index contributed by atoms with van der Waals surface area (Å²) in [5, 5.41) is 5.29. The maximum atomic E-state index is 11.3. The molecule has 4 aromatic rings. The van der Waals surface area contributed by atoms with Crippen molar-refractivity contribution in [3.05, 3.63) is 139 Å². The topological polar surface area (TPSA) is 37.3 Å². The summed E-state index contributed by atoms with van der Waals surface area (Å²) in [5.74, 6) is 0.817. The summed E-state index contributed by atoms with van der Waals surface area (Å²) in [4.78, 5) is 0. The Bertz CT molecular complexity index is 1700. The largest absolute Gasteiger partial charge is 0.306 e. The van der Waals surface area contributed by atoms with Gasteiger partial charge in [0.05, 0.1) is 5.75 Å². The highest BCUT2D eigenvalue weighted by Crippen LogP contribution is 2.36. The van der Waals surface area contributed by atoms with E-state index in [1.165, 1.54) is 54.3 Å². The smallest absolute Gasteiger partial charge is 0.157 e. The molecule has 0 aliphatic heterocycles. The van der Waals surface area contributed by atoms with Gasteiger partial charge in [0.1, 0.15) is 0 Å². The fraction of sp³-hybridized carbons (Fsp3) is 0.212. The molecular weight excluding hydrogens is 460 g/mol. The van der Waals surface area contributed by atoms with E-state index in [1.807, 2.05) is 12.1 Å². The number of benzene rings is 4. The Morgan fingerprint density at radius 2 is 1.58 bits per heavy atom. The average molecular weight is 491 g/mol. The Labute approximate surface area is 214 Å². The number of rotatable bonds is 4. The molecular formula is C33H30O2S. The van der Waals surface area contributed by atoms with E-state index in [-0.39, 0.29) is 11.7 Å². The van der Waals surface area contributed by atoms with Crippen LogP contribution in [0.2, 0.25) is 0 Å². The molecule has 4 aromatic carbocycles. The van der Waals surface area contributed by atoms with Crippen LogP contribution in [0.15, 0.2) is 84.9 Å². The van der Waals surface area contributed by atoms with Crippen molar-refractivity contribution in [2.45, 2.75) is 38.4 Å². The van der Waals surface area contributed by atoms with Crippen LogP contribution >= 0.6 is 0 Å². The zero-order valence-electron chi connectivity index (χ0n) is 20.7. The fourth-order valence-electron chi connectivity index (χ4n) is 6.10. The molecule has 180 valence electrons. The van der Waals surface area contributed by atoms with Crippen molar-refractivity contribution in [2.24, 2.45) is 5.92 Å². The van der Waals surface area contributed by atoms with Crippen molar-refractivity contribution in [1.82, 2.24) is 0 Å². The van der Waals surface area contributed by atoms with E-state index in [0.29, 0.717) is 5.92 Å². The van der Waals surface area contributed by atoms with Gasteiger partial charge in [-0.15, -0.1) is 0 Å². The second kappa shape index (κ2) is 9.31. The van der Waals surface area contributed by atoms with Gasteiger partial charge in [0.2, 0.25) is 0 Å². The van der Waals surface area contributed by atoms with Crippen LogP contribution in [0.25, 0.3) is 11.6 Å². The zero-order chi connectivity index (χ0) is 24.8. The van der Waals surface area contributed by atoms with E-state index in [1.54, 1.807) is 0 Å². The fourth-order valence-corrected chi connectivity index (χ4v) is 6.58. The van der Waals surface area contributed by atoms with Gasteiger partial charge in [-0.2, -0.15) is 0 Å². The minimum atomic E-state index is -1.83. The van der Waals surface area contributed by atoms with Crippen LogP contribution in [0.4, 0.5) is 0 Å². The molecule has 2 aliphatic carbocycles. The molecule has 0 saturated heterocycles. The maximum absolute atomic E-state index is 11.3. The van der Waals surface area contributed by atoms with Gasteiger partial charge in [0, 0.05) is 5.92 Å². The molecule has 0 radical (unpaired) electrons. The first-order valence-corrected chi connectivity index (χ1v) is 14.0. The van der Waals surface area contributed by atoms with Crippen LogP contribution in [0.5, 0.6) is 0 Å². The number of hydrogen-bond acceptors (Lipinski definition) is 1. The number of fused-ring (bicyclic) bond motifs is 4. The molecule has 2 nitrogen and oxygen atoms in total. The first-order chi connectivity index (χ1) is 17.5. The van der Waals surface area contributed by atoms with Gasteiger partial charge in [0.25, 0.3) is 0 Å². The van der Waals surface area contributed by atoms with E-state index in [0.717, 1.165) is 18.4 Å². The average Bonchev–Trinajstić information content (AvgIpc) is 2.88. The third kappa shape index (κ3) is 4.07. The molecule has 6 rings (SSSR count). The Morgan fingerprint density at radius 1 is 0.861 bits per heavy atom. The molecule has 2 aliphatic rings. The lowest BCUT2D eigenvalue weighted by Crippen LogP contribution is -2.28. The first-order valence-electron chi connectivity index (χ1n) is 12.7. The van der Waals surface area contributed by atoms with Gasteiger partial charge in [-0.1, -0.05) is 103 Å². The summed E-state index contributed by atoms with van der Waals surface area (Å²) >= 11 is -1.83. The Balaban J connectivity index is 1.64. The maximum Gasteiger partial charge on any atom is 0.157 e. The van der Waals surface area contributed by atoms with Crippen LogP contribution in [-0.4, -0.2) is 8.76 Å². The van der Waals surface area contributed by atoms with Crippen molar-refractivity contribution >= 4 is 22.7 Å². The Hall–Kier alpha value is -3.27. The Morgan fingerprint density at radius 3 is 2.33 bits per heavy atom. The monoisotopic (exact) mass is 490 g/mol. The summed E-state index contributed by atoms with van der Waals surface area (Å²) in [6.45, 7) is 4.50. The summed E-state index contributed by atoms with van der Waals surface area (Å²) in [6, 6.07) is 30.6. The van der Waals surface area contributed by atoms with E-state index < -0.39 is 11.1 Å². The van der Waals surface area contributed by atoms with Crippen molar-refractivity contribution in [1.29, 1.82) is 0 Å². The second-order valence-electron chi connectivity index (χ2n) is 10.2. The summed E-state index contributed by atoms with van der Waals surface area (Å²) in [5.41, 5.74) is 9.06. The van der Waals surface area contributed by atoms with E-state index in [4.69, 9.17) is 0 Å². The van der Waals surface area contributed by atoms with E-state index in [2.05, 4.69) is 92.7 Å². The third-order valence-electron chi connectivity index (χ3n) is 7.87. The summed E-state index contributed by atoms with van der Waals surface area (Å²) in [6.07, 6.45) is 4.62. The lowest BCUT2D eigenvalue weighted by Gasteiger charge is -2.29. The highest BCUT2D eigenvalue weighted by Gasteiger charge is 2.26. The molecule has 3 unspecified atom stereocenters. The highest BCUT2D eigenvalue weighted by molar-refractivity contribution is 7.78. The van der Waals surface area contributed by atoms with Crippen molar-refractivity contribution < 1.29 is 8.76 Å². The predicted octanol–water partition coefficient (Wildman–Crippen LogP) is 5.71. The standard InChI is InChI=1S/C33H30O2S/c1-21-7-12-25(13-8-21)32-22(2)9-16-30-29(32)18-17-28-27-6-4-3-5-26(27)19-31(33(28)30)24-14-10-23(11-15-24)20-36(34)35/h3-8,10-15,17-19,22,31H,9,16,20H2,1-2H3,(H,34,35). The van der Waals surface area contributed by atoms with Gasteiger partial charge in [-0.3, -0.25) is 0 Å². The Kier molecular flexibility index (Phi) is 5.99. The molecule has 36 heavy (non-hydrogen) atoms. The zero-order valence-corrected chi connectivity index (χ0v) is 21.5. The number of aryl methyl sites for hydroxylation is 1. The van der Waals surface area contributed by atoms with Crippen LogP contribution < -0.4 is 10.4 Å². The lowest BCUT2D eigenvalue weighted by molar-refractivity contribution is 0.563. The minimum absolute atomic E-state index is 0.145. The molecule has 0 amide bonds. The van der Waals surface area contributed by atoms with Crippen molar-refractivity contribution in [3.8, 4) is 0 Å². The SMILES string of the molecule is Cc1ccc(C2=c3ccc4c(c3CCC2C)C(c2ccc(CS(=O)O)cc2)C=c2ccccc2=4)cc1. The second-order valence-corrected chi connectivity index (χ2v) is 11.1. The third-order valence-corrected chi connectivity index (χ3v) is 8.45. The lowest BCUT2D eigenvalue weighted by atomic mass is 9.75. The molecule has 0 bridgehead atoms. The van der Waals surface area contributed by atoms with Crippen LogP contribution in [0.1, 0.15) is 52.6 Å². The van der Waals surface area contributed by atoms with Gasteiger partial charge >= 0.3 is 0 Å². The molecule has 1 N–H and O–H groups in total. The molecule has 0 aromatic heterocycles. The molecule has 0 spiro atoms. The molecule has 3 heteroatoms. The van der Waals surface area contributed by atoms with Crippen LogP contribution in [-0.2, 0) is 23.3 Å². The van der Waals surface area contributed by atoms with Crippen molar-refractivity contribution in [2.75, 3.05) is 0 Å². The van der Waals surface area contributed by atoms with Gasteiger partial charge in [0.15, 0.2) is 11.1 Å². The highest BCUT2D eigenvalue weighted by atomic mass is 32.2. The van der Waals surface area contributed by atoms with Crippen LogP contribution in [0, 0.1) is 23.3 Å². The molecule has 0 heterocycles. The first kappa shape index (κ1) is 23.1. The van der Waals surface area contributed by atoms with Crippen molar-refractivity contribution in [3.63, 3.8) is 0 Å². The summed E-state index contributed by atoms with van der Waals surface area (Å²) in [7, 11) is 0. The quantitative estimate of drug-likeness (QED) is 0.372. The van der Waals surface area contributed by atoms with Crippen LogP contribution in [0.3, 0.4) is 0 Å². The molecule has 0 saturated carbocycles. The normalized spacial score (nSPS) is 19.0. The predicted molar refractivity (Wildman–Crippen MR) is 148 cm³/mol. The summed E-state index contributed by atoms with van der Waals surface area (Å²) < 4.78 is 20.6. The molecule has 0 fully saturated rings. The number of hydrogen-bond donors (Lipinski definition) is 1. The minimum Gasteiger partial charge on any atom is -0.306 e. The van der Waals surface area contributed by atoms with E-state index >= 15 is 0 Å². The van der Waals surface area contributed by atoms with E-state index in [9.17, 15) is 8.76 Å². The molecule has 3 atom stereocenters. The van der Waals surface area contributed by atoms with Gasteiger partial charge in [-0.05, 0) is 79.9 Å².